The van der Waals surface area contributed by atoms with Crippen molar-refractivity contribution in [2.45, 2.75) is 62.6 Å². The fraction of sp³-hybridized carbons (Fsp3) is 0.941. The van der Waals surface area contributed by atoms with E-state index < -0.39 is 0 Å². The normalized spacial score (nSPS) is 31.0. The van der Waals surface area contributed by atoms with Crippen molar-refractivity contribution in [3.8, 4) is 0 Å². The van der Waals surface area contributed by atoms with Crippen LogP contribution in [0.3, 0.4) is 0 Å². The second kappa shape index (κ2) is 9.58. The molecule has 1 amide bonds. The van der Waals surface area contributed by atoms with Crippen LogP contribution in [-0.4, -0.2) is 62.3 Å². The Bertz CT molecular complexity index is 391. The molecular formula is C17H33Cl2N3O2. The van der Waals surface area contributed by atoms with Gasteiger partial charge >= 0.3 is 0 Å². The van der Waals surface area contributed by atoms with Crippen molar-refractivity contribution in [3.05, 3.63) is 0 Å². The first kappa shape index (κ1) is 22.0. The number of carbonyl (C=O) groups is 1. The van der Waals surface area contributed by atoms with Crippen molar-refractivity contribution in [1.29, 1.82) is 0 Å². The highest BCUT2D eigenvalue weighted by atomic mass is 35.5. The molecule has 0 aromatic heterocycles. The monoisotopic (exact) mass is 381 g/mol. The summed E-state index contributed by atoms with van der Waals surface area (Å²) in [4.78, 5) is 14.6. The lowest BCUT2D eigenvalue weighted by atomic mass is 9.87. The molecule has 3 aliphatic rings. The lowest BCUT2D eigenvalue weighted by molar-refractivity contribution is -0.123. The van der Waals surface area contributed by atoms with E-state index in [-0.39, 0.29) is 36.3 Å². The molecule has 2 bridgehead atoms. The van der Waals surface area contributed by atoms with E-state index in [1.165, 1.54) is 25.7 Å². The summed E-state index contributed by atoms with van der Waals surface area (Å²) in [6, 6.07) is 1.33. The molecule has 3 rings (SSSR count). The molecule has 3 heterocycles. The van der Waals surface area contributed by atoms with Gasteiger partial charge in [0, 0.05) is 43.8 Å². The van der Waals surface area contributed by atoms with E-state index >= 15 is 0 Å². The lowest BCUT2D eigenvalue weighted by Gasteiger charge is -2.43. The van der Waals surface area contributed by atoms with Gasteiger partial charge in [0.25, 0.3) is 0 Å². The number of nitrogens with zero attached hydrogens (tertiary/aromatic N) is 1. The summed E-state index contributed by atoms with van der Waals surface area (Å²) < 4.78 is 5.49. The first-order chi connectivity index (χ1) is 10.6. The Morgan fingerprint density at radius 1 is 1.17 bits per heavy atom. The summed E-state index contributed by atoms with van der Waals surface area (Å²) in [5, 5.41) is 6.86. The van der Waals surface area contributed by atoms with E-state index in [1.54, 1.807) is 0 Å². The third kappa shape index (κ3) is 5.21. The zero-order chi connectivity index (χ0) is 15.6. The Morgan fingerprint density at radius 3 is 2.29 bits per heavy atom. The Labute approximate surface area is 158 Å². The Kier molecular flexibility index (Phi) is 8.77. The number of fused-ring (bicyclic) bond motifs is 2. The van der Waals surface area contributed by atoms with Crippen LogP contribution < -0.4 is 10.6 Å². The predicted octanol–water partition coefficient (Wildman–Crippen LogP) is 1.98. The molecule has 2 atom stereocenters. The van der Waals surface area contributed by atoms with E-state index in [0.717, 1.165) is 32.6 Å². The van der Waals surface area contributed by atoms with Crippen LogP contribution >= 0.6 is 24.8 Å². The van der Waals surface area contributed by atoms with E-state index in [9.17, 15) is 4.79 Å². The van der Waals surface area contributed by atoms with Gasteiger partial charge in [-0.1, -0.05) is 0 Å². The smallest absolute Gasteiger partial charge is 0.220 e. The number of hydrogen-bond donors (Lipinski definition) is 2. The molecule has 2 N–H and O–H groups in total. The van der Waals surface area contributed by atoms with Gasteiger partial charge in [-0.05, 0) is 58.5 Å². The van der Waals surface area contributed by atoms with E-state index in [4.69, 9.17) is 4.74 Å². The molecular weight excluding hydrogens is 349 g/mol. The number of ether oxygens (including phenoxy) is 1. The molecule has 0 radical (unpaired) electrons. The van der Waals surface area contributed by atoms with Gasteiger partial charge in [-0.15, -0.1) is 24.8 Å². The van der Waals surface area contributed by atoms with Gasteiger partial charge in [-0.2, -0.15) is 0 Å². The van der Waals surface area contributed by atoms with E-state index in [1.807, 2.05) is 0 Å². The van der Waals surface area contributed by atoms with Crippen molar-refractivity contribution >= 4 is 30.7 Å². The molecule has 2 unspecified atom stereocenters. The molecule has 0 spiro atoms. The highest BCUT2D eigenvalue weighted by molar-refractivity contribution is 5.85. The van der Waals surface area contributed by atoms with Crippen molar-refractivity contribution in [3.63, 3.8) is 0 Å². The molecule has 7 heteroatoms. The predicted molar refractivity (Wildman–Crippen MR) is 101 cm³/mol. The zero-order valence-electron chi connectivity index (χ0n) is 14.9. The maximum absolute atomic E-state index is 12.4. The number of piperidine rings is 1. The minimum atomic E-state index is 0. The van der Waals surface area contributed by atoms with Gasteiger partial charge in [0.1, 0.15) is 0 Å². The molecule has 142 valence electrons. The maximum atomic E-state index is 12.4. The molecule has 0 aliphatic carbocycles. The van der Waals surface area contributed by atoms with Crippen molar-refractivity contribution in [1.82, 2.24) is 15.5 Å². The van der Waals surface area contributed by atoms with Gasteiger partial charge in [-0.25, -0.2) is 0 Å². The van der Waals surface area contributed by atoms with Gasteiger partial charge in [0.05, 0.1) is 0 Å². The summed E-state index contributed by atoms with van der Waals surface area (Å²) in [5.41, 5.74) is 0.0705. The topological polar surface area (TPSA) is 53.6 Å². The van der Waals surface area contributed by atoms with Crippen LogP contribution in [0, 0.1) is 5.92 Å². The number of carbonyl (C=O) groups excluding carboxylic acids is 1. The Hall–Kier alpha value is -0.0700. The third-order valence-electron chi connectivity index (χ3n) is 6.03. The molecule has 0 saturated carbocycles. The quantitative estimate of drug-likeness (QED) is 0.764. The van der Waals surface area contributed by atoms with Crippen LogP contribution in [0.25, 0.3) is 0 Å². The number of nitrogens with one attached hydrogen (secondary N) is 2. The van der Waals surface area contributed by atoms with Gasteiger partial charge in [-0.3, -0.25) is 4.79 Å². The average molecular weight is 382 g/mol. The summed E-state index contributed by atoms with van der Waals surface area (Å²) in [7, 11) is 4.23. The first-order valence-corrected chi connectivity index (χ1v) is 8.85. The van der Waals surface area contributed by atoms with Gasteiger partial charge in [0.2, 0.25) is 5.91 Å². The van der Waals surface area contributed by atoms with Crippen LogP contribution in [0.4, 0.5) is 0 Å². The zero-order valence-corrected chi connectivity index (χ0v) is 16.5. The third-order valence-corrected chi connectivity index (χ3v) is 6.03. The van der Waals surface area contributed by atoms with Crippen LogP contribution in [0.5, 0.6) is 0 Å². The standard InChI is InChI=1S/C17H31N3O2.2ClH/c1-20(2)17(5-7-22-8-6-17)12-18-16(21)11-13-9-14-3-4-15(10-13)19-14;;/h13-15,19H,3-12H2,1-2H3,(H,18,21);2*1H. The van der Waals surface area contributed by atoms with Gasteiger partial charge in [0.15, 0.2) is 0 Å². The fourth-order valence-electron chi connectivity index (χ4n) is 4.47. The second-order valence-electron chi connectivity index (χ2n) is 7.69. The maximum Gasteiger partial charge on any atom is 0.220 e. The molecule has 0 aromatic rings. The molecule has 24 heavy (non-hydrogen) atoms. The van der Waals surface area contributed by atoms with Crippen molar-refractivity contribution in [2.24, 2.45) is 5.92 Å². The molecule has 3 fully saturated rings. The minimum Gasteiger partial charge on any atom is -0.381 e. The Balaban J connectivity index is 0.00000144. The largest absolute Gasteiger partial charge is 0.381 e. The molecule has 3 saturated heterocycles. The SMILES string of the molecule is CN(C)C1(CNC(=O)CC2CC3CCC(C2)N3)CCOCC1.Cl.Cl. The highest BCUT2D eigenvalue weighted by Gasteiger charge is 2.36. The minimum absolute atomic E-state index is 0. The molecule has 5 nitrogen and oxygen atoms in total. The first-order valence-electron chi connectivity index (χ1n) is 8.85. The fourth-order valence-corrected chi connectivity index (χ4v) is 4.47. The summed E-state index contributed by atoms with van der Waals surface area (Å²) >= 11 is 0. The van der Waals surface area contributed by atoms with Crippen molar-refractivity contribution < 1.29 is 9.53 Å². The van der Waals surface area contributed by atoms with Crippen molar-refractivity contribution in [2.75, 3.05) is 33.9 Å². The summed E-state index contributed by atoms with van der Waals surface area (Å²) in [6.07, 6.45) is 7.65. The number of rotatable bonds is 5. The number of hydrogen-bond acceptors (Lipinski definition) is 4. The average Bonchev–Trinajstić information content (AvgIpc) is 2.85. The van der Waals surface area contributed by atoms with Gasteiger partial charge < -0.3 is 20.3 Å². The highest BCUT2D eigenvalue weighted by Crippen LogP contribution is 2.32. The van der Waals surface area contributed by atoms with Crippen LogP contribution in [0.2, 0.25) is 0 Å². The summed E-state index contributed by atoms with van der Waals surface area (Å²) in [6.45, 7) is 2.34. The van der Waals surface area contributed by atoms with E-state index in [2.05, 4.69) is 29.6 Å². The number of amides is 1. The molecule has 0 aromatic carbocycles. The van der Waals surface area contributed by atoms with Crippen LogP contribution in [0.15, 0.2) is 0 Å². The Morgan fingerprint density at radius 2 is 1.75 bits per heavy atom. The summed E-state index contributed by atoms with van der Waals surface area (Å²) in [5.74, 6) is 0.808. The lowest BCUT2D eigenvalue weighted by Crippen LogP contribution is -2.55. The van der Waals surface area contributed by atoms with Crippen LogP contribution in [-0.2, 0) is 9.53 Å². The second-order valence-corrected chi connectivity index (χ2v) is 7.69. The molecule has 3 aliphatic heterocycles. The van der Waals surface area contributed by atoms with E-state index in [0.29, 0.717) is 24.4 Å². The number of likely N-dealkylation sites (N-methyl/N-ethyl adjacent to an activating group) is 1. The van der Waals surface area contributed by atoms with Crippen LogP contribution in [0.1, 0.15) is 44.9 Å². The number of halogens is 2.